The summed E-state index contributed by atoms with van der Waals surface area (Å²) in [5.74, 6) is -2.61. The smallest absolute Gasteiger partial charge is 0.415 e. The number of halogens is 1. The summed E-state index contributed by atoms with van der Waals surface area (Å²) in [5.41, 5.74) is 7.79. The summed E-state index contributed by atoms with van der Waals surface area (Å²) < 4.78 is 22.2. The van der Waals surface area contributed by atoms with Crippen molar-refractivity contribution in [3.05, 3.63) is 69.3 Å². The van der Waals surface area contributed by atoms with Crippen LogP contribution < -0.4 is 21.0 Å². The highest BCUT2D eigenvalue weighted by Gasteiger charge is 2.36. The number of carbonyl (C=O) groups excluding carboxylic acids is 2. The molecule has 0 spiro atoms. The topological polar surface area (TPSA) is 135 Å². The van der Waals surface area contributed by atoms with Crippen LogP contribution in [-0.4, -0.2) is 53.4 Å². The molecule has 196 valence electrons. The van der Waals surface area contributed by atoms with Crippen molar-refractivity contribution in [2.24, 2.45) is 5.73 Å². The Labute approximate surface area is 216 Å². The van der Waals surface area contributed by atoms with E-state index in [1.165, 1.54) is 11.1 Å². The van der Waals surface area contributed by atoms with Crippen LogP contribution in [0.1, 0.15) is 40.4 Å². The highest BCUT2D eigenvalue weighted by Crippen LogP contribution is 2.38. The third-order valence-electron chi connectivity index (χ3n) is 7.54. The lowest BCUT2D eigenvalue weighted by molar-refractivity contribution is -0.124. The van der Waals surface area contributed by atoms with Gasteiger partial charge in [0.25, 0.3) is 5.91 Å². The van der Waals surface area contributed by atoms with Gasteiger partial charge in [-0.05, 0) is 61.1 Å². The minimum absolute atomic E-state index is 0.0493. The standard InChI is InChI=1S/C27H25FN4O6/c28-20-10-18-21(31(16-3-4-16)12-19(24(18)33)26(35)36)11-22(20)30-7-5-14-1-2-17(9-15(14)6-8-30)32-13-23(25(29)34)38-27(32)37/h1-2,9-12,16,23H,3-8,13H2,(H2,29,34)(H,35,36). The summed E-state index contributed by atoms with van der Waals surface area (Å²) in [4.78, 5) is 51.4. The van der Waals surface area contributed by atoms with E-state index in [0.717, 1.165) is 30.0 Å². The number of rotatable bonds is 5. The maximum absolute atomic E-state index is 15.4. The van der Waals surface area contributed by atoms with E-state index in [1.807, 2.05) is 17.0 Å². The maximum atomic E-state index is 15.4. The highest BCUT2D eigenvalue weighted by atomic mass is 19.1. The lowest BCUT2D eigenvalue weighted by Crippen LogP contribution is -2.32. The van der Waals surface area contributed by atoms with Gasteiger partial charge in [-0.25, -0.2) is 14.0 Å². The van der Waals surface area contributed by atoms with Gasteiger partial charge < -0.3 is 25.0 Å². The van der Waals surface area contributed by atoms with E-state index in [2.05, 4.69) is 0 Å². The first kappa shape index (κ1) is 24.0. The predicted octanol–water partition coefficient (Wildman–Crippen LogP) is 2.59. The van der Waals surface area contributed by atoms with Crippen LogP contribution in [0.4, 0.5) is 20.6 Å². The summed E-state index contributed by atoms with van der Waals surface area (Å²) in [7, 11) is 0. The average Bonchev–Trinajstić information content (AvgIpc) is 3.68. The van der Waals surface area contributed by atoms with Crippen molar-refractivity contribution >= 4 is 40.2 Å². The number of ether oxygens (including phenoxy) is 1. The number of cyclic esters (lactones) is 1. The Morgan fingerprint density at radius 2 is 1.79 bits per heavy atom. The summed E-state index contributed by atoms with van der Waals surface area (Å²) in [6.45, 7) is 1.08. The van der Waals surface area contributed by atoms with Crippen LogP contribution in [0.25, 0.3) is 10.9 Å². The van der Waals surface area contributed by atoms with Gasteiger partial charge in [0.1, 0.15) is 11.4 Å². The summed E-state index contributed by atoms with van der Waals surface area (Å²) in [6.07, 6.45) is 2.71. The van der Waals surface area contributed by atoms with Gasteiger partial charge >= 0.3 is 12.1 Å². The van der Waals surface area contributed by atoms with Crippen LogP contribution >= 0.6 is 0 Å². The monoisotopic (exact) mass is 520 g/mol. The van der Waals surface area contributed by atoms with Crippen molar-refractivity contribution in [1.82, 2.24) is 4.57 Å². The highest BCUT2D eigenvalue weighted by molar-refractivity contribution is 5.95. The molecule has 0 bridgehead atoms. The molecule has 1 aliphatic carbocycles. The third kappa shape index (κ3) is 4.04. The minimum Gasteiger partial charge on any atom is -0.477 e. The number of benzene rings is 2. The number of primary amides is 1. The second-order valence-corrected chi connectivity index (χ2v) is 9.96. The Bertz CT molecular complexity index is 1580. The number of hydrogen-bond donors (Lipinski definition) is 2. The summed E-state index contributed by atoms with van der Waals surface area (Å²) >= 11 is 0. The number of carboxylic acids is 1. The Hall–Kier alpha value is -4.41. The van der Waals surface area contributed by atoms with Gasteiger partial charge in [-0.1, -0.05) is 6.07 Å². The van der Waals surface area contributed by atoms with Crippen LogP contribution in [0.15, 0.2) is 41.3 Å². The zero-order chi connectivity index (χ0) is 26.7. The number of hydrogen-bond acceptors (Lipinski definition) is 6. The fraction of sp³-hybridized carbons (Fsp3) is 0.333. The normalized spacial score (nSPS) is 19.3. The second kappa shape index (κ2) is 8.86. The van der Waals surface area contributed by atoms with Gasteiger partial charge in [-0.2, -0.15) is 0 Å². The van der Waals surface area contributed by atoms with Crippen LogP contribution in [0.3, 0.4) is 0 Å². The molecule has 2 amide bonds. The molecule has 3 heterocycles. The first-order valence-corrected chi connectivity index (χ1v) is 12.5. The van der Waals surface area contributed by atoms with Gasteiger partial charge in [0.05, 0.1) is 17.7 Å². The molecule has 38 heavy (non-hydrogen) atoms. The molecule has 3 N–H and O–H groups in total. The number of nitrogens with two attached hydrogens (primary N) is 1. The van der Waals surface area contributed by atoms with Crippen molar-refractivity contribution in [2.45, 2.75) is 37.8 Å². The molecule has 1 atom stereocenters. The molecule has 6 rings (SSSR count). The van der Waals surface area contributed by atoms with Crippen LogP contribution in [0.2, 0.25) is 0 Å². The fourth-order valence-electron chi connectivity index (χ4n) is 5.35. The molecule has 2 aliphatic heterocycles. The molecule has 2 aromatic carbocycles. The molecule has 11 heteroatoms. The third-order valence-corrected chi connectivity index (χ3v) is 7.54. The SMILES string of the molecule is NC(=O)C1CN(c2ccc3c(c2)CCN(c2cc4c(cc2F)c(=O)c(C(=O)O)cn4C2CC2)CC3)C(=O)O1. The zero-order valence-electron chi connectivity index (χ0n) is 20.4. The van der Waals surface area contributed by atoms with E-state index in [0.29, 0.717) is 42.8 Å². The number of carboxylic acid groups (broad SMARTS) is 1. The van der Waals surface area contributed by atoms with E-state index >= 15 is 4.39 Å². The van der Waals surface area contributed by atoms with Crippen molar-refractivity contribution in [3.8, 4) is 0 Å². The van der Waals surface area contributed by atoms with Gasteiger partial charge in [0.2, 0.25) is 5.43 Å². The number of fused-ring (bicyclic) bond motifs is 2. The summed E-state index contributed by atoms with van der Waals surface area (Å²) in [5, 5.41) is 9.54. The molecular formula is C27H25FN4O6. The van der Waals surface area contributed by atoms with Crippen molar-refractivity contribution in [1.29, 1.82) is 0 Å². The predicted molar refractivity (Wildman–Crippen MR) is 136 cm³/mol. The van der Waals surface area contributed by atoms with Crippen molar-refractivity contribution in [3.63, 3.8) is 0 Å². The van der Waals surface area contributed by atoms with E-state index in [9.17, 15) is 24.3 Å². The van der Waals surface area contributed by atoms with Crippen molar-refractivity contribution in [2.75, 3.05) is 29.4 Å². The molecule has 10 nitrogen and oxygen atoms in total. The van der Waals surface area contributed by atoms with Gasteiger partial charge in [0, 0.05) is 36.4 Å². The minimum atomic E-state index is -1.33. The number of aromatic nitrogens is 1. The molecule has 3 aromatic rings. The molecular weight excluding hydrogens is 495 g/mol. The number of pyridine rings is 1. The Morgan fingerprint density at radius 3 is 2.45 bits per heavy atom. The maximum Gasteiger partial charge on any atom is 0.415 e. The summed E-state index contributed by atoms with van der Waals surface area (Å²) in [6, 6.07) is 8.51. The van der Waals surface area contributed by atoms with Crippen molar-refractivity contribution < 1.29 is 28.6 Å². The molecule has 3 aliphatic rings. The van der Waals surface area contributed by atoms with E-state index in [-0.39, 0.29) is 23.5 Å². The van der Waals surface area contributed by atoms with E-state index in [4.69, 9.17) is 10.5 Å². The van der Waals surface area contributed by atoms with Gasteiger partial charge in [-0.15, -0.1) is 0 Å². The van der Waals surface area contributed by atoms with Crippen LogP contribution in [0, 0.1) is 5.82 Å². The number of aromatic carboxylic acids is 1. The lowest BCUT2D eigenvalue weighted by Gasteiger charge is -2.24. The Kier molecular flexibility index (Phi) is 5.59. The molecule has 1 saturated heterocycles. The molecule has 2 fully saturated rings. The number of amides is 2. The van der Waals surface area contributed by atoms with E-state index < -0.39 is 35.3 Å². The average molecular weight is 521 g/mol. The second-order valence-electron chi connectivity index (χ2n) is 9.96. The molecule has 1 aromatic heterocycles. The van der Waals surface area contributed by atoms with Gasteiger partial charge in [0.15, 0.2) is 6.10 Å². The fourth-order valence-corrected chi connectivity index (χ4v) is 5.35. The van der Waals surface area contributed by atoms with E-state index in [1.54, 1.807) is 16.7 Å². The van der Waals surface area contributed by atoms with Gasteiger partial charge in [-0.3, -0.25) is 14.5 Å². The molecule has 0 radical (unpaired) electrons. The Balaban J connectivity index is 1.31. The number of carbonyl (C=O) groups is 3. The quantitative estimate of drug-likeness (QED) is 0.528. The lowest BCUT2D eigenvalue weighted by atomic mass is 10.0. The molecule has 1 unspecified atom stereocenters. The zero-order valence-corrected chi connectivity index (χ0v) is 20.4. The largest absolute Gasteiger partial charge is 0.477 e. The Morgan fingerprint density at radius 1 is 1.05 bits per heavy atom. The number of anilines is 2. The molecule has 1 saturated carbocycles. The first-order chi connectivity index (χ1) is 18.2. The first-order valence-electron chi connectivity index (χ1n) is 12.5. The number of nitrogens with zero attached hydrogens (tertiary/aromatic N) is 3. The van der Waals surface area contributed by atoms with Crippen LogP contribution in [0.5, 0.6) is 0 Å². The van der Waals surface area contributed by atoms with Crippen LogP contribution in [-0.2, 0) is 22.4 Å².